The molecule has 0 unspecified atom stereocenters. The normalized spacial score (nSPS) is 21.2. The largest absolute Gasteiger partial charge is 0.350 e. The molecule has 0 aliphatic carbocycles. The molecule has 8 heteroatoms. The van der Waals surface area contributed by atoms with E-state index in [0.29, 0.717) is 6.42 Å². The molecule has 0 aromatic carbocycles. The van der Waals surface area contributed by atoms with Gasteiger partial charge in [0.1, 0.15) is 0 Å². The molecule has 3 rings (SSSR count). The van der Waals surface area contributed by atoms with Gasteiger partial charge in [0.25, 0.3) is 0 Å². The summed E-state index contributed by atoms with van der Waals surface area (Å²) in [5, 5.41) is 8.39. The number of hydrogen-bond donors (Lipinski definition) is 1. The quantitative estimate of drug-likeness (QED) is 0.865. The minimum Gasteiger partial charge on any atom is -0.350 e. The van der Waals surface area contributed by atoms with Crippen molar-refractivity contribution in [2.45, 2.75) is 31.8 Å². The smallest absolute Gasteiger partial charge is 0.209 e. The average Bonchev–Trinajstić information content (AvgIpc) is 2.90. The summed E-state index contributed by atoms with van der Waals surface area (Å²) < 4.78 is 26.2. The van der Waals surface area contributed by atoms with Gasteiger partial charge in [-0.05, 0) is 49.6 Å². The molecule has 0 amide bonds. The van der Waals surface area contributed by atoms with Crippen molar-refractivity contribution in [2.24, 2.45) is 0 Å². The molecule has 1 fully saturated rings. The molecule has 1 aliphatic rings. The molecule has 2 aromatic rings. The molecular formula is C16H21N5O2S. The summed E-state index contributed by atoms with van der Waals surface area (Å²) in [6.45, 7) is 2.63. The summed E-state index contributed by atoms with van der Waals surface area (Å²) in [6.07, 6.45) is 6.15. The lowest BCUT2D eigenvalue weighted by Crippen LogP contribution is -2.46. The summed E-state index contributed by atoms with van der Waals surface area (Å²) >= 11 is 0. The lowest BCUT2D eigenvalue weighted by atomic mass is 10.0. The Labute approximate surface area is 142 Å². The van der Waals surface area contributed by atoms with E-state index in [2.05, 4.69) is 24.8 Å². The van der Waals surface area contributed by atoms with Crippen LogP contribution in [0.25, 0.3) is 0 Å². The van der Waals surface area contributed by atoms with Crippen LogP contribution in [-0.4, -0.2) is 48.5 Å². The summed E-state index contributed by atoms with van der Waals surface area (Å²) in [5.41, 5.74) is 1.97. The maximum absolute atomic E-state index is 11.7. The molecule has 1 aliphatic heterocycles. The molecule has 24 heavy (non-hydrogen) atoms. The van der Waals surface area contributed by atoms with E-state index in [-0.39, 0.29) is 12.1 Å². The van der Waals surface area contributed by atoms with Crippen molar-refractivity contribution in [3.05, 3.63) is 47.9 Å². The highest BCUT2D eigenvalue weighted by molar-refractivity contribution is 7.88. The van der Waals surface area contributed by atoms with Crippen molar-refractivity contribution in [1.82, 2.24) is 19.9 Å². The zero-order valence-corrected chi connectivity index (χ0v) is 14.6. The number of pyridine rings is 1. The van der Waals surface area contributed by atoms with Crippen molar-refractivity contribution in [1.29, 1.82) is 0 Å². The summed E-state index contributed by atoms with van der Waals surface area (Å²) in [5.74, 6) is 0.775. The first-order chi connectivity index (χ1) is 11.4. The van der Waals surface area contributed by atoms with Crippen molar-refractivity contribution < 1.29 is 8.42 Å². The molecule has 7 nitrogen and oxygen atoms in total. The number of rotatable bonds is 5. The zero-order chi connectivity index (χ0) is 17.2. The maximum Gasteiger partial charge on any atom is 0.209 e. The van der Waals surface area contributed by atoms with Crippen LogP contribution in [0, 0.1) is 6.92 Å². The van der Waals surface area contributed by atoms with Gasteiger partial charge >= 0.3 is 0 Å². The van der Waals surface area contributed by atoms with Crippen molar-refractivity contribution >= 4 is 15.8 Å². The first kappa shape index (κ1) is 16.8. The number of sulfonamides is 1. The number of nitrogens with one attached hydrogen (secondary N) is 1. The number of aryl methyl sites for hydroxylation is 1. The van der Waals surface area contributed by atoms with Gasteiger partial charge < -0.3 is 4.90 Å². The van der Waals surface area contributed by atoms with Crippen LogP contribution in [-0.2, 0) is 16.4 Å². The SMILES string of the molecule is Cc1ccc(N2CC[C@@H](NS(C)(=O)=O)[C@@H]2Cc2ccncc2)nn1. The van der Waals surface area contributed by atoms with Crippen LogP contribution in [0.2, 0.25) is 0 Å². The summed E-state index contributed by atoms with van der Waals surface area (Å²) in [7, 11) is -3.27. The second kappa shape index (κ2) is 6.82. The van der Waals surface area contributed by atoms with Crippen LogP contribution >= 0.6 is 0 Å². The Hall–Kier alpha value is -2.06. The lowest BCUT2D eigenvalue weighted by molar-refractivity contribution is 0.513. The Morgan fingerprint density at radius 1 is 1.21 bits per heavy atom. The Balaban J connectivity index is 1.88. The fraction of sp³-hybridized carbons (Fsp3) is 0.438. The zero-order valence-electron chi connectivity index (χ0n) is 13.8. The van der Waals surface area contributed by atoms with Gasteiger partial charge in [-0.15, -0.1) is 5.10 Å². The van der Waals surface area contributed by atoms with E-state index >= 15 is 0 Å². The van der Waals surface area contributed by atoms with Crippen LogP contribution in [0.3, 0.4) is 0 Å². The molecule has 0 spiro atoms. The number of hydrogen-bond acceptors (Lipinski definition) is 6. The Bertz CT molecular complexity index is 780. The first-order valence-corrected chi connectivity index (χ1v) is 9.75. The van der Waals surface area contributed by atoms with Crippen LogP contribution in [0.4, 0.5) is 5.82 Å². The summed E-state index contributed by atoms with van der Waals surface area (Å²) in [4.78, 5) is 6.17. The lowest BCUT2D eigenvalue weighted by Gasteiger charge is -2.29. The van der Waals surface area contributed by atoms with Crippen LogP contribution in [0.5, 0.6) is 0 Å². The predicted octanol–water partition coefficient (Wildman–Crippen LogP) is 0.919. The molecule has 3 heterocycles. The van der Waals surface area contributed by atoms with Gasteiger partial charge in [0, 0.05) is 25.0 Å². The van der Waals surface area contributed by atoms with Gasteiger partial charge in [-0.2, -0.15) is 5.10 Å². The molecule has 2 aromatic heterocycles. The molecule has 2 atom stereocenters. The van der Waals surface area contributed by atoms with Gasteiger partial charge in [0.2, 0.25) is 10.0 Å². The van der Waals surface area contributed by atoms with Crippen LogP contribution < -0.4 is 9.62 Å². The molecule has 1 N–H and O–H groups in total. The van der Waals surface area contributed by atoms with E-state index in [1.807, 2.05) is 31.2 Å². The molecule has 0 radical (unpaired) electrons. The van der Waals surface area contributed by atoms with E-state index in [9.17, 15) is 8.42 Å². The van der Waals surface area contributed by atoms with E-state index in [1.54, 1.807) is 12.4 Å². The van der Waals surface area contributed by atoms with Gasteiger partial charge in [-0.25, -0.2) is 13.1 Å². The second-order valence-electron chi connectivity index (χ2n) is 6.14. The van der Waals surface area contributed by atoms with Gasteiger partial charge in [-0.1, -0.05) is 0 Å². The highest BCUT2D eigenvalue weighted by Gasteiger charge is 2.36. The standard InChI is InChI=1S/C16H21N5O2S/c1-12-3-4-16(19-18-12)21-10-7-14(20-24(2,22)23)15(21)11-13-5-8-17-9-6-13/h3-6,8-9,14-15,20H,7,10-11H2,1-2H3/t14-,15+/m1/s1. The van der Waals surface area contributed by atoms with E-state index in [1.165, 1.54) is 6.26 Å². The van der Waals surface area contributed by atoms with E-state index < -0.39 is 10.0 Å². The van der Waals surface area contributed by atoms with Gasteiger partial charge in [0.05, 0.1) is 18.0 Å². The fourth-order valence-electron chi connectivity index (χ4n) is 3.11. The third-order valence-corrected chi connectivity index (χ3v) is 4.91. The number of aromatic nitrogens is 3. The van der Waals surface area contributed by atoms with Crippen molar-refractivity contribution in [3.8, 4) is 0 Å². The minimum atomic E-state index is -3.27. The summed E-state index contributed by atoms with van der Waals surface area (Å²) in [6, 6.07) is 7.59. The maximum atomic E-state index is 11.7. The predicted molar refractivity (Wildman–Crippen MR) is 92.2 cm³/mol. The van der Waals surface area contributed by atoms with Crippen molar-refractivity contribution in [3.63, 3.8) is 0 Å². The Morgan fingerprint density at radius 2 is 1.96 bits per heavy atom. The number of anilines is 1. The first-order valence-electron chi connectivity index (χ1n) is 7.85. The fourth-order valence-corrected chi connectivity index (χ4v) is 3.93. The average molecular weight is 347 g/mol. The number of nitrogens with zero attached hydrogens (tertiary/aromatic N) is 4. The second-order valence-corrected chi connectivity index (χ2v) is 7.92. The minimum absolute atomic E-state index is 0.0147. The molecular weight excluding hydrogens is 326 g/mol. The molecule has 0 saturated carbocycles. The van der Waals surface area contributed by atoms with Gasteiger partial charge in [0.15, 0.2) is 5.82 Å². The highest BCUT2D eigenvalue weighted by atomic mass is 32.2. The molecule has 1 saturated heterocycles. The Morgan fingerprint density at radius 3 is 2.58 bits per heavy atom. The third kappa shape index (κ3) is 4.07. The van der Waals surface area contributed by atoms with Crippen LogP contribution in [0.1, 0.15) is 17.7 Å². The third-order valence-electron chi connectivity index (χ3n) is 4.18. The highest BCUT2D eigenvalue weighted by Crippen LogP contribution is 2.27. The molecule has 0 bridgehead atoms. The topological polar surface area (TPSA) is 88.1 Å². The van der Waals surface area contributed by atoms with Gasteiger partial charge in [-0.3, -0.25) is 4.98 Å². The monoisotopic (exact) mass is 347 g/mol. The Kier molecular flexibility index (Phi) is 4.77. The van der Waals surface area contributed by atoms with E-state index in [4.69, 9.17) is 0 Å². The van der Waals surface area contributed by atoms with Crippen molar-refractivity contribution in [2.75, 3.05) is 17.7 Å². The van der Waals surface area contributed by atoms with E-state index in [0.717, 1.165) is 30.0 Å². The van der Waals surface area contributed by atoms with Crippen LogP contribution in [0.15, 0.2) is 36.7 Å². The molecule has 128 valence electrons.